The van der Waals surface area contributed by atoms with Gasteiger partial charge in [0.15, 0.2) is 0 Å². The largest absolute Gasteiger partial charge is 0.466 e. The highest BCUT2D eigenvalue weighted by molar-refractivity contribution is 5.77. The number of rotatable bonds is 8. The Kier molecular flexibility index (Phi) is 5.92. The van der Waals surface area contributed by atoms with Crippen LogP contribution in [0.15, 0.2) is 42.6 Å². The van der Waals surface area contributed by atoms with Crippen molar-refractivity contribution in [2.45, 2.75) is 52.4 Å². The van der Waals surface area contributed by atoms with E-state index in [1.165, 1.54) is 11.1 Å². The van der Waals surface area contributed by atoms with E-state index in [-0.39, 0.29) is 11.4 Å². The Morgan fingerprint density at radius 1 is 1.15 bits per heavy atom. The molecular formula is C22H27NO3. The fraction of sp³-hybridized carbons (Fsp3) is 0.455. The Labute approximate surface area is 155 Å². The summed E-state index contributed by atoms with van der Waals surface area (Å²) >= 11 is 0. The number of esters is 1. The van der Waals surface area contributed by atoms with Gasteiger partial charge in [0.1, 0.15) is 5.75 Å². The quantitative estimate of drug-likeness (QED) is 0.609. The number of nitrogens with zero attached hydrogens (tertiary/aromatic N) is 1. The molecule has 26 heavy (non-hydrogen) atoms. The molecule has 4 nitrogen and oxygen atoms in total. The third-order valence-electron chi connectivity index (χ3n) is 5.18. The molecule has 1 saturated carbocycles. The number of ether oxygens (including phenoxy) is 2. The summed E-state index contributed by atoms with van der Waals surface area (Å²) in [5.41, 5.74) is 2.14. The van der Waals surface area contributed by atoms with Crippen LogP contribution in [-0.4, -0.2) is 17.6 Å². The molecule has 0 unspecified atom stereocenters. The van der Waals surface area contributed by atoms with Gasteiger partial charge in [0.05, 0.1) is 12.0 Å². The first-order valence-electron chi connectivity index (χ1n) is 9.48. The lowest BCUT2D eigenvalue weighted by molar-refractivity contribution is -0.161. The highest BCUT2D eigenvalue weighted by Crippen LogP contribution is 2.46. The van der Waals surface area contributed by atoms with E-state index in [0.717, 1.165) is 44.3 Å². The number of carbonyl (C=O) groups excluding carboxylic acids is 1. The van der Waals surface area contributed by atoms with Crippen molar-refractivity contribution < 1.29 is 14.3 Å². The van der Waals surface area contributed by atoms with Gasteiger partial charge >= 0.3 is 5.97 Å². The number of hydrogen-bond acceptors (Lipinski definition) is 4. The number of carbonyl (C=O) groups is 1. The molecule has 0 aliphatic heterocycles. The van der Waals surface area contributed by atoms with Crippen LogP contribution in [0.3, 0.4) is 0 Å². The lowest BCUT2D eigenvalue weighted by Crippen LogP contribution is -2.39. The molecule has 138 valence electrons. The van der Waals surface area contributed by atoms with Crippen LogP contribution in [0.2, 0.25) is 0 Å². The number of benzene rings is 1. The second-order valence-corrected chi connectivity index (χ2v) is 7.13. The van der Waals surface area contributed by atoms with Gasteiger partial charge < -0.3 is 9.47 Å². The van der Waals surface area contributed by atoms with Crippen molar-refractivity contribution >= 4 is 5.97 Å². The van der Waals surface area contributed by atoms with E-state index >= 15 is 0 Å². The molecule has 1 aliphatic carbocycles. The Morgan fingerprint density at radius 3 is 2.50 bits per heavy atom. The second kappa shape index (κ2) is 8.35. The topological polar surface area (TPSA) is 48.4 Å². The average molecular weight is 353 g/mol. The van der Waals surface area contributed by atoms with Crippen LogP contribution in [0, 0.1) is 12.3 Å². The average Bonchev–Trinajstić information content (AvgIpc) is 2.61. The lowest BCUT2D eigenvalue weighted by Gasteiger charge is -2.39. The van der Waals surface area contributed by atoms with E-state index in [9.17, 15) is 4.79 Å². The van der Waals surface area contributed by atoms with Gasteiger partial charge in [-0.25, -0.2) is 4.98 Å². The molecule has 1 aromatic carbocycles. The van der Waals surface area contributed by atoms with E-state index in [4.69, 9.17) is 9.47 Å². The van der Waals surface area contributed by atoms with Gasteiger partial charge in [-0.05, 0) is 63.6 Å². The Bertz CT molecular complexity index is 718. The number of pyridine rings is 1. The van der Waals surface area contributed by atoms with Crippen LogP contribution in [-0.2, 0) is 16.0 Å². The van der Waals surface area contributed by atoms with E-state index in [0.29, 0.717) is 12.5 Å². The monoisotopic (exact) mass is 353 g/mol. The first-order chi connectivity index (χ1) is 12.6. The summed E-state index contributed by atoms with van der Waals surface area (Å²) in [6, 6.07) is 11.9. The Balaban J connectivity index is 1.50. The van der Waals surface area contributed by atoms with E-state index in [1.54, 1.807) is 0 Å². The lowest BCUT2D eigenvalue weighted by atomic mass is 9.66. The van der Waals surface area contributed by atoms with Crippen molar-refractivity contribution in [1.29, 1.82) is 0 Å². The molecule has 1 aliphatic rings. The minimum Gasteiger partial charge on any atom is -0.466 e. The third kappa shape index (κ3) is 4.43. The van der Waals surface area contributed by atoms with Gasteiger partial charge in [0.2, 0.25) is 5.88 Å². The molecule has 0 N–H and O–H groups in total. The summed E-state index contributed by atoms with van der Waals surface area (Å²) in [6.45, 7) is 4.38. The zero-order chi connectivity index (χ0) is 18.4. The maximum Gasteiger partial charge on any atom is 0.312 e. The summed E-state index contributed by atoms with van der Waals surface area (Å²) in [7, 11) is 0. The summed E-state index contributed by atoms with van der Waals surface area (Å²) < 4.78 is 11.0. The predicted molar refractivity (Wildman–Crippen MR) is 101 cm³/mol. The fourth-order valence-electron chi connectivity index (χ4n) is 3.42. The smallest absolute Gasteiger partial charge is 0.312 e. The molecule has 4 heteroatoms. The molecule has 0 bridgehead atoms. The molecule has 3 rings (SSSR count). The summed E-state index contributed by atoms with van der Waals surface area (Å²) in [4.78, 5) is 16.6. The van der Waals surface area contributed by atoms with Crippen molar-refractivity contribution in [3.8, 4) is 11.6 Å². The molecule has 0 radical (unpaired) electrons. The molecule has 1 fully saturated rings. The van der Waals surface area contributed by atoms with E-state index in [2.05, 4.69) is 4.98 Å². The standard InChI is InChI=1S/C22H27NO3/c1-3-25-21(24)22(14-5-15-22)13-4-6-18-9-12-20(23-16-18)26-19-10-7-17(2)8-11-19/h7-12,16H,3-6,13-15H2,1-2H3. The van der Waals surface area contributed by atoms with Crippen molar-refractivity contribution in [3.05, 3.63) is 53.7 Å². The maximum absolute atomic E-state index is 12.2. The van der Waals surface area contributed by atoms with Crippen molar-refractivity contribution in [1.82, 2.24) is 4.98 Å². The van der Waals surface area contributed by atoms with Crippen LogP contribution >= 0.6 is 0 Å². The molecular weight excluding hydrogens is 326 g/mol. The molecule has 1 aromatic heterocycles. The van der Waals surface area contributed by atoms with Crippen LogP contribution in [0.5, 0.6) is 11.6 Å². The summed E-state index contributed by atoms with van der Waals surface area (Å²) in [6.07, 6.45) is 7.71. The van der Waals surface area contributed by atoms with Gasteiger partial charge in [0, 0.05) is 12.3 Å². The van der Waals surface area contributed by atoms with Gasteiger partial charge in [-0.1, -0.05) is 30.2 Å². The maximum atomic E-state index is 12.2. The van der Waals surface area contributed by atoms with Gasteiger partial charge in [-0.3, -0.25) is 4.79 Å². The number of hydrogen-bond donors (Lipinski definition) is 0. The highest BCUT2D eigenvalue weighted by Gasteiger charge is 2.44. The van der Waals surface area contributed by atoms with Crippen LogP contribution in [0.4, 0.5) is 0 Å². The molecule has 0 atom stereocenters. The predicted octanol–water partition coefficient (Wildman–Crippen LogP) is 5.24. The number of aryl methyl sites for hydroxylation is 2. The van der Waals surface area contributed by atoms with Gasteiger partial charge in [0.25, 0.3) is 0 Å². The number of aromatic nitrogens is 1. The zero-order valence-electron chi connectivity index (χ0n) is 15.7. The second-order valence-electron chi connectivity index (χ2n) is 7.13. The van der Waals surface area contributed by atoms with Crippen molar-refractivity contribution in [2.24, 2.45) is 5.41 Å². The summed E-state index contributed by atoms with van der Waals surface area (Å²) in [5, 5.41) is 0. The molecule has 0 spiro atoms. The molecule has 2 aromatic rings. The SMILES string of the molecule is CCOC(=O)C1(CCCc2ccc(Oc3ccc(C)cc3)nc2)CCC1. The van der Waals surface area contributed by atoms with E-state index < -0.39 is 0 Å². The van der Waals surface area contributed by atoms with Crippen LogP contribution in [0.25, 0.3) is 0 Å². The molecule has 1 heterocycles. The third-order valence-corrected chi connectivity index (χ3v) is 5.18. The normalized spacial score (nSPS) is 15.2. The Hall–Kier alpha value is -2.36. The fourth-order valence-corrected chi connectivity index (χ4v) is 3.42. The Morgan fingerprint density at radius 2 is 1.92 bits per heavy atom. The first kappa shape index (κ1) is 18.4. The van der Waals surface area contributed by atoms with Gasteiger partial charge in [-0.15, -0.1) is 0 Å². The molecule has 0 amide bonds. The van der Waals surface area contributed by atoms with Crippen LogP contribution < -0.4 is 4.74 Å². The van der Waals surface area contributed by atoms with E-state index in [1.807, 2.05) is 56.4 Å². The first-order valence-corrected chi connectivity index (χ1v) is 9.48. The summed E-state index contributed by atoms with van der Waals surface area (Å²) in [5.74, 6) is 1.38. The zero-order valence-corrected chi connectivity index (χ0v) is 15.7. The molecule has 0 saturated heterocycles. The van der Waals surface area contributed by atoms with Crippen LogP contribution in [0.1, 0.15) is 50.2 Å². The minimum absolute atomic E-state index is 0.00813. The minimum atomic E-state index is -0.224. The van der Waals surface area contributed by atoms with Crippen molar-refractivity contribution in [3.63, 3.8) is 0 Å². The van der Waals surface area contributed by atoms with Gasteiger partial charge in [-0.2, -0.15) is 0 Å². The van der Waals surface area contributed by atoms with Crippen molar-refractivity contribution in [2.75, 3.05) is 6.61 Å². The highest BCUT2D eigenvalue weighted by atomic mass is 16.5.